The normalized spacial score (nSPS) is 12.9. The van der Waals surface area contributed by atoms with Crippen LogP contribution in [0.1, 0.15) is 316 Å². The SMILES string of the molecule is CCCCCCC/C=C\C/C=C\CCCCCCCCCCCCCCCC(=O)NC(CO)C(O)CCCCCCCCCCCCCCCCCCCCCCCCCC. The van der Waals surface area contributed by atoms with Crippen molar-refractivity contribution in [2.24, 2.45) is 0 Å². The number of rotatable bonds is 52. The van der Waals surface area contributed by atoms with Gasteiger partial charge in [-0.15, -0.1) is 0 Å². The summed E-state index contributed by atoms with van der Waals surface area (Å²) in [5, 5.41) is 23.4. The van der Waals surface area contributed by atoms with E-state index in [0.29, 0.717) is 12.8 Å². The van der Waals surface area contributed by atoms with E-state index in [1.807, 2.05) is 0 Å². The van der Waals surface area contributed by atoms with Crippen molar-refractivity contribution in [3.8, 4) is 0 Å². The maximum atomic E-state index is 12.5. The van der Waals surface area contributed by atoms with Crippen molar-refractivity contribution in [1.82, 2.24) is 5.32 Å². The fourth-order valence-corrected chi connectivity index (χ4v) is 8.92. The lowest BCUT2D eigenvalue weighted by atomic mass is 10.0. The lowest BCUT2D eigenvalue weighted by Crippen LogP contribution is -2.45. The number of nitrogens with one attached hydrogen (secondary N) is 1. The van der Waals surface area contributed by atoms with E-state index in [1.165, 1.54) is 257 Å². The van der Waals surface area contributed by atoms with Crippen molar-refractivity contribution in [3.05, 3.63) is 24.3 Å². The summed E-state index contributed by atoms with van der Waals surface area (Å²) in [7, 11) is 0. The number of carbonyl (C=O) groups is 1. The average molecular weight is 859 g/mol. The van der Waals surface area contributed by atoms with Crippen LogP contribution in [-0.2, 0) is 4.79 Å². The minimum atomic E-state index is -0.659. The van der Waals surface area contributed by atoms with E-state index >= 15 is 0 Å². The van der Waals surface area contributed by atoms with Gasteiger partial charge in [0.25, 0.3) is 0 Å². The van der Waals surface area contributed by atoms with Crippen LogP contribution in [0.3, 0.4) is 0 Å². The number of aliphatic hydroxyl groups excluding tert-OH is 2. The Hall–Kier alpha value is -1.13. The van der Waals surface area contributed by atoms with Crippen LogP contribution in [0.25, 0.3) is 0 Å². The minimum absolute atomic E-state index is 0.0272. The summed E-state index contributed by atoms with van der Waals surface area (Å²) in [4.78, 5) is 12.5. The van der Waals surface area contributed by atoms with E-state index in [4.69, 9.17) is 0 Å². The molecule has 61 heavy (non-hydrogen) atoms. The van der Waals surface area contributed by atoms with Gasteiger partial charge in [-0.25, -0.2) is 0 Å². The van der Waals surface area contributed by atoms with Crippen molar-refractivity contribution in [2.75, 3.05) is 6.61 Å². The highest BCUT2D eigenvalue weighted by Gasteiger charge is 2.20. The molecule has 0 aromatic heterocycles. The van der Waals surface area contributed by atoms with Gasteiger partial charge in [0.15, 0.2) is 0 Å². The molecule has 0 aliphatic carbocycles. The van der Waals surface area contributed by atoms with Gasteiger partial charge in [-0.1, -0.05) is 289 Å². The predicted octanol–water partition coefficient (Wildman–Crippen LogP) is 18.3. The third-order valence-corrected chi connectivity index (χ3v) is 13.2. The standard InChI is InChI=1S/C57H111NO3/c1-3-5-7-9-11-13-15-17-19-21-23-25-27-29-31-33-35-37-39-41-43-45-47-49-51-53-57(61)58-55(54-59)56(60)52-50-48-46-44-42-40-38-36-34-32-30-28-26-24-22-20-18-16-14-12-10-8-6-4-2/h15,17,21,23,55-56,59-60H,3-14,16,18-20,22,24-54H2,1-2H3,(H,58,61)/b17-15-,23-21-. The molecule has 4 heteroatoms. The number of amides is 1. The van der Waals surface area contributed by atoms with Gasteiger partial charge < -0.3 is 15.5 Å². The molecule has 3 N–H and O–H groups in total. The van der Waals surface area contributed by atoms with Gasteiger partial charge in [0.05, 0.1) is 18.8 Å². The summed E-state index contributed by atoms with van der Waals surface area (Å²) in [6.07, 6.45) is 70.2. The quantitative estimate of drug-likeness (QED) is 0.0422. The molecule has 0 radical (unpaired) electrons. The van der Waals surface area contributed by atoms with Crippen LogP contribution in [0.4, 0.5) is 0 Å². The Labute approximate surface area is 383 Å². The van der Waals surface area contributed by atoms with Crippen molar-refractivity contribution < 1.29 is 15.0 Å². The summed E-state index contributed by atoms with van der Waals surface area (Å²) in [6, 6.07) is -0.536. The van der Waals surface area contributed by atoms with Crippen LogP contribution in [0, 0.1) is 0 Å². The molecule has 0 aromatic carbocycles. The highest BCUT2D eigenvalue weighted by molar-refractivity contribution is 5.76. The first kappa shape index (κ1) is 59.9. The van der Waals surface area contributed by atoms with Crippen LogP contribution in [0.5, 0.6) is 0 Å². The molecule has 0 heterocycles. The van der Waals surface area contributed by atoms with Gasteiger partial charge >= 0.3 is 0 Å². The smallest absolute Gasteiger partial charge is 0.220 e. The van der Waals surface area contributed by atoms with Crippen LogP contribution >= 0.6 is 0 Å². The van der Waals surface area contributed by atoms with E-state index in [1.54, 1.807) is 0 Å². The van der Waals surface area contributed by atoms with Gasteiger partial charge in [-0.05, 0) is 44.9 Å². The Bertz CT molecular complexity index is 886. The molecule has 0 bridgehead atoms. The number of unbranched alkanes of at least 4 members (excludes halogenated alkanes) is 41. The van der Waals surface area contributed by atoms with Crippen LogP contribution in [0.15, 0.2) is 24.3 Å². The fourth-order valence-electron chi connectivity index (χ4n) is 8.92. The van der Waals surface area contributed by atoms with Gasteiger partial charge in [-0.3, -0.25) is 4.79 Å². The fraction of sp³-hybridized carbons (Fsp3) is 0.912. The first-order chi connectivity index (χ1) is 30.2. The summed E-state index contributed by atoms with van der Waals surface area (Å²) < 4.78 is 0. The monoisotopic (exact) mass is 858 g/mol. The molecular weight excluding hydrogens is 747 g/mol. The molecule has 2 unspecified atom stereocenters. The molecule has 1 amide bonds. The Morgan fingerprint density at radius 3 is 0.984 bits per heavy atom. The number of hydrogen-bond donors (Lipinski definition) is 3. The molecule has 0 fully saturated rings. The Morgan fingerprint density at radius 1 is 0.393 bits per heavy atom. The molecule has 0 aliphatic heterocycles. The second kappa shape index (κ2) is 53.2. The zero-order chi connectivity index (χ0) is 44.2. The average Bonchev–Trinajstić information content (AvgIpc) is 3.26. The second-order valence-corrected chi connectivity index (χ2v) is 19.4. The maximum absolute atomic E-state index is 12.5. The molecule has 0 aliphatic rings. The van der Waals surface area contributed by atoms with Gasteiger partial charge in [0, 0.05) is 6.42 Å². The Morgan fingerprint density at radius 2 is 0.672 bits per heavy atom. The van der Waals surface area contributed by atoms with Crippen molar-refractivity contribution in [1.29, 1.82) is 0 Å². The van der Waals surface area contributed by atoms with Crippen LogP contribution in [-0.4, -0.2) is 34.9 Å². The lowest BCUT2D eigenvalue weighted by molar-refractivity contribution is -0.123. The molecule has 0 spiro atoms. The summed E-state index contributed by atoms with van der Waals surface area (Å²) in [5.74, 6) is -0.0272. The molecule has 0 saturated heterocycles. The first-order valence-corrected chi connectivity index (χ1v) is 28.0. The third kappa shape index (κ3) is 49.7. The van der Waals surface area contributed by atoms with Gasteiger partial charge in [0.2, 0.25) is 5.91 Å². The van der Waals surface area contributed by atoms with Crippen LogP contribution in [0.2, 0.25) is 0 Å². The highest BCUT2D eigenvalue weighted by Crippen LogP contribution is 2.18. The topological polar surface area (TPSA) is 69.6 Å². The minimum Gasteiger partial charge on any atom is -0.394 e. The lowest BCUT2D eigenvalue weighted by Gasteiger charge is -2.22. The summed E-state index contributed by atoms with van der Waals surface area (Å²) in [5.41, 5.74) is 0. The molecular formula is C57H111NO3. The zero-order valence-electron chi connectivity index (χ0n) is 41.7. The van der Waals surface area contributed by atoms with E-state index in [0.717, 1.165) is 32.1 Å². The molecule has 0 saturated carbocycles. The van der Waals surface area contributed by atoms with Gasteiger partial charge in [-0.2, -0.15) is 0 Å². The zero-order valence-corrected chi connectivity index (χ0v) is 41.7. The number of carbonyl (C=O) groups excluding carboxylic acids is 1. The first-order valence-electron chi connectivity index (χ1n) is 28.0. The van der Waals surface area contributed by atoms with Crippen molar-refractivity contribution >= 4 is 5.91 Å². The van der Waals surface area contributed by atoms with E-state index < -0.39 is 12.1 Å². The second-order valence-electron chi connectivity index (χ2n) is 19.4. The maximum Gasteiger partial charge on any atom is 0.220 e. The van der Waals surface area contributed by atoms with Gasteiger partial charge in [0.1, 0.15) is 0 Å². The molecule has 4 nitrogen and oxygen atoms in total. The van der Waals surface area contributed by atoms with E-state index in [9.17, 15) is 15.0 Å². The predicted molar refractivity (Wildman–Crippen MR) is 272 cm³/mol. The molecule has 0 rings (SSSR count). The Balaban J connectivity index is 3.44. The number of aliphatic hydroxyl groups is 2. The number of hydrogen-bond acceptors (Lipinski definition) is 3. The van der Waals surface area contributed by atoms with Crippen molar-refractivity contribution in [3.63, 3.8) is 0 Å². The molecule has 362 valence electrons. The van der Waals surface area contributed by atoms with E-state index in [2.05, 4.69) is 43.5 Å². The third-order valence-electron chi connectivity index (χ3n) is 13.2. The Kier molecular flexibility index (Phi) is 52.2. The highest BCUT2D eigenvalue weighted by atomic mass is 16.3. The molecule has 0 aromatic rings. The van der Waals surface area contributed by atoms with E-state index in [-0.39, 0.29) is 12.5 Å². The molecule has 2 atom stereocenters. The largest absolute Gasteiger partial charge is 0.394 e. The summed E-state index contributed by atoms with van der Waals surface area (Å²) in [6.45, 7) is 4.38. The van der Waals surface area contributed by atoms with Crippen molar-refractivity contribution in [2.45, 2.75) is 328 Å². The summed E-state index contributed by atoms with van der Waals surface area (Å²) >= 11 is 0. The van der Waals surface area contributed by atoms with Crippen LogP contribution < -0.4 is 5.32 Å². The number of allylic oxidation sites excluding steroid dienone is 4.